The van der Waals surface area contributed by atoms with Gasteiger partial charge in [-0.3, -0.25) is 0 Å². The Hall–Kier alpha value is -1.02. The molecule has 1 aliphatic rings. The highest BCUT2D eigenvalue weighted by Gasteiger charge is 2.17. The summed E-state index contributed by atoms with van der Waals surface area (Å²) in [6.07, 6.45) is 1.23. The van der Waals surface area contributed by atoms with Crippen molar-refractivity contribution in [2.45, 2.75) is 19.4 Å². The van der Waals surface area contributed by atoms with E-state index < -0.39 is 0 Å². The van der Waals surface area contributed by atoms with Gasteiger partial charge in [0.15, 0.2) is 0 Å². The van der Waals surface area contributed by atoms with Gasteiger partial charge in [0.25, 0.3) is 0 Å². The molecule has 0 radical (unpaired) electrons. The topological polar surface area (TPSA) is 15.3 Å². The third-order valence-corrected chi connectivity index (χ3v) is 2.23. The molecule has 1 heterocycles. The maximum atomic E-state index is 3.40. The quantitative estimate of drug-likeness (QED) is 0.677. The van der Waals surface area contributed by atoms with E-state index in [0.29, 0.717) is 6.04 Å². The lowest BCUT2D eigenvalue weighted by Crippen LogP contribution is -2.33. The van der Waals surface area contributed by atoms with Crippen molar-refractivity contribution in [1.29, 1.82) is 0 Å². The minimum Gasteiger partial charge on any atom is -0.308 e. The van der Waals surface area contributed by atoms with Crippen molar-refractivity contribution >= 4 is 5.69 Å². The molecule has 12 heavy (non-hydrogen) atoms. The highest BCUT2D eigenvalue weighted by molar-refractivity contribution is 5.45. The van der Waals surface area contributed by atoms with E-state index >= 15 is 0 Å². The predicted molar refractivity (Wildman–Crippen MR) is 51.0 cm³/mol. The molecule has 2 rings (SSSR count). The van der Waals surface area contributed by atoms with Crippen LogP contribution in [0.5, 0.6) is 0 Å². The lowest BCUT2D eigenvalue weighted by molar-refractivity contribution is 0.642. The maximum absolute atomic E-state index is 3.40. The maximum Gasteiger partial charge on any atom is 0.0519 e. The van der Waals surface area contributed by atoms with Crippen molar-refractivity contribution in [2.24, 2.45) is 0 Å². The standard InChI is InChI=1S/C10H14N2/c1-9-7-8-12(11-9)10-5-3-2-4-6-10/h2-6,9,11H,7-8H2,1H3. The third kappa shape index (κ3) is 1.43. The lowest BCUT2D eigenvalue weighted by Gasteiger charge is -2.18. The number of para-hydroxylation sites is 1. The second-order valence-corrected chi connectivity index (χ2v) is 3.31. The van der Waals surface area contributed by atoms with Crippen LogP contribution >= 0.6 is 0 Å². The number of anilines is 1. The van der Waals surface area contributed by atoms with Crippen molar-refractivity contribution < 1.29 is 0 Å². The van der Waals surface area contributed by atoms with Gasteiger partial charge in [-0.1, -0.05) is 18.2 Å². The van der Waals surface area contributed by atoms with Crippen LogP contribution in [0.1, 0.15) is 13.3 Å². The molecule has 0 aromatic heterocycles. The Labute approximate surface area is 73.2 Å². The first kappa shape index (κ1) is 7.62. The zero-order chi connectivity index (χ0) is 8.39. The number of hydrazine groups is 1. The zero-order valence-electron chi connectivity index (χ0n) is 7.33. The molecule has 1 fully saturated rings. The molecule has 1 aliphatic heterocycles. The molecule has 0 aliphatic carbocycles. The van der Waals surface area contributed by atoms with Crippen LogP contribution in [-0.2, 0) is 0 Å². The van der Waals surface area contributed by atoms with Gasteiger partial charge in [0.1, 0.15) is 0 Å². The molecule has 1 atom stereocenters. The Morgan fingerprint density at radius 3 is 2.67 bits per heavy atom. The van der Waals surface area contributed by atoms with Gasteiger partial charge in [-0.05, 0) is 25.5 Å². The van der Waals surface area contributed by atoms with Crippen LogP contribution in [0.2, 0.25) is 0 Å². The first-order valence-corrected chi connectivity index (χ1v) is 4.45. The van der Waals surface area contributed by atoms with E-state index in [-0.39, 0.29) is 0 Å². The molecule has 1 unspecified atom stereocenters. The Balaban J connectivity index is 2.11. The van der Waals surface area contributed by atoms with E-state index in [1.54, 1.807) is 0 Å². The molecule has 0 spiro atoms. The molecule has 1 N–H and O–H groups in total. The molecule has 2 heteroatoms. The van der Waals surface area contributed by atoms with Crippen molar-refractivity contribution in [3.63, 3.8) is 0 Å². The Bertz CT molecular complexity index is 245. The zero-order valence-corrected chi connectivity index (χ0v) is 7.33. The van der Waals surface area contributed by atoms with E-state index in [1.807, 2.05) is 6.07 Å². The summed E-state index contributed by atoms with van der Waals surface area (Å²) < 4.78 is 0. The number of hydrogen-bond acceptors (Lipinski definition) is 2. The first-order valence-electron chi connectivity index (χ1n) is 4.45. The Kier molecular flexibility index (Phi) is 2.00. The molecule has 2 nitrogen and oxygen atoms in total. The van der Waals surface area contributed by atoms with Gasteiger partial charge in [0.05, 0.1) is 5.69 Å². The SMILES string of the molecule is CC1CCN(c2ccccc2)N1. The summed E-state index contributed by atoms with van der Waals surface area (Å²) >= 11 is 0. The molecule has 0 saturated carbocycles. The Morgan fingerprint density at radius 1 is 1.33 bits per heavy atom. The summed E-state index contributed by atoms with van der Waals surface area (Å²) in [7, 11) is 0. The van der Waals surface area contributed by atoms with E-state index in [0.717, 1.165) is 6.54 Å². The van der Waals surface area contributed by atoms with Crippen molar-refractivity contribution in [3.05, 3.63) is 30.3 Å². The van der Waals surface area contributed by atoms with E-state index in [9.17, 15) is 0 Å². The lowest BCUT2D eigenvalue weighted by atomic mass is 10.3. The van der Waals surface area contributed by atoms with Crippen LogP contribution in [0.3, 0.4) is 0 Å². The van der Waals surface area contributed by atoms with Gasteiger partial charge in [-0.15, -0.1) is 0 Å². The average Bonchev–Trinajstić information content (AvgIpc) is 2.54. The number of nitrogens with one attached hydrogen (secondary N) is 1. The Morgan fingerprint density at radius 2 is 2.08 bits per heavy atom. The largest absolute Gasteiger partial charge is 0.308 e. The van der Waals surface area contributed by atoms with Crippen LogP contribution in [0, 0.1) is 0 Å². The normalized spacial score (nSPS) is 23.1. The molecule has 64 valence electrons. The fourth-order valence-corrected chi connectivity index (χ4v) is 1.53. The van der Waals surface area contributed by atoms with Gasteiger partial charge >= 0.3 is 0 Å². The minimum absolute atomic E-state index is 0.616. The number of nitrogens with zero attached hydrogens (tertiary/aromatic N) is 1. The van der Waals surface area contributed by atoms with E-state index in [1.165, 1.54) is 12.1 Å². The van der Waals surface area contributed by atoms with Crippen LogP contribution in [0.15, 0.2) is 30.3 Å². The number of rotatable bonds is 1. The van der Waals surface area contributed by atoms with Crippen molar-refractivity contribution in [1.82, 2.24) is 5.43 Å². The summed E-state index contributed by atoms with van der Waals surface area (Å²) in [5.41, 5.74) is 4.67. The monoisotopic (exact) mass is 162 g/mol. The van der Waals surface area contributed by atoms with Crippen molar-refractivity contribution in [2.75, 3.05) is 11.6 Å². The molecule has 0 bridgehead atoms. The van der Waals surface area contributed by atoms with Crippen LogP contribution in [0.25, 0.3) is 0 Å². The summed E-state index contributed by atoms with van der Waals surface area (Å²) in [5.74, 6) is 0. The van der Waals surface area contributed by atoms with Crippen molar-refractivity contribution in [3.8, 4) is 0 Å². The third-order valence-electron chi connectivity index (χ3n) is 2.23. The second kappa shape index (κ2) is 3.15. The molecular formula is C10H14N2. The van der Waals surface area contributed by atoms with E-state index in [4.69, 9.17) is 0 Å². The first-order chi connectivity index (χ1) is 5.86. The fourth-order valence-electron chi connectivity index (χ4n) is 1.53. The van der Waals surface area contributed by atoms with E-state index in [2.05, 4.69) is 41.6 Å². The molecular weight excluding hydrogens is 148 g/mol. The van der Waals surface area contributed by atoms with Crippen LogP contribution in [-0.4, -0.2) is 12.6 Å². The molecule has 1 saturated heterocycles. The second-order valence-electron chi connectivity index (χ2n) is 3.31. The predicted octanol–water partition coefficient (Wildman–Crippen LogP) is 1.79. The molecule has 1 aromatic carbocycles. The highest BCUT2D eigenvalue weighted by Crippen LogP contribution is 2.16. The summed E-state index contributed by atoms with van der Waals surface area (Å²) in [5, 5.41) is 2.21. The molecule has 0 amide bonds. The summed E-state index contributed by atoms with van der Waals surface area (Å²) in [6.45, 7) is 3.33. The van der Waals surface area contributed by atoms with Gasteiger partial charge in [0, 0.05) is 12.6 Å². The fraction of sp³-hybridized carbons (Fsp3) is 0.400. The van der Waals surface area contributed by atoms with Gasteiger partial charge in [-0.25, -0.2) is 5.43 Å². The van der Waals surface area contributed by atoms with Crippen LogP contribution in [0.4, 0.5) is 5.69 Å². The smallest absolute Gasteiger partial charge is 0.0519 e. The summed E-state index contributed by atoms with van der Waals surface area (Å²) in [4.78, 5) is 0. The average molecular weight is 162 g/mol. The van der Waals surface area contributed by atoms with Gasteiger partial charge in [-0.2, -0.15) is 0 Å². The minimum atomic E-state index is 0.616. The summed E-state index contributed by atoms with van der Waals surface area (Å²) in [6, 6.07) is 11.1. The highest BCUT2D eigenvalue weighted by atomic mass is 15.5. The number of hydrogen-bond donors (Lipinski definition) is 1. The number of benzene rings is 1. The van der Waals surface area contributed by atoms with Gasteiger partial charge < -0.3 is 5.01 Å². The van der Waals surface area contributed by atoms with Gasteiger partial charge in [0.2, 0.25) is 0 Å². The molecule has 1 aromatic rings. The van der Waals surface area contributed by atoms with Crippen LogP contribution < -0.4 is 10.4 Å².